The molecule has 1 amide bonds. The molecule has 0 bridgehead atoms. The summed E-state index contributed by atoms with van der Waals surface area (Å²) < 4.78 is 0. The third kappa shape index (κ3) is 2.85. The maximum absolute atomic E-state index is 11.2. The van der Waals surface area contributed by atoms with Gasteiger partial charge in [-0.1, -0.05) is 11.6 Å². The Morgan fingerprint density at radius 3 is 2.79 bits per heavy atom. The fourth-order valence-corrected chi connectivity index (χ4v) is 3.12. The molecule has 1 fully saturated rings. The molecule has 19 heavy (non-hydrogen) atoms. The van der Waals surface area contributed by atoms with Crippen LogP contribution in [0.4, 0.5) is 5.69 Å². The Kier molecular flexibility index (Phi) is 4.32. The molecule has 0 aromatic heterocycles. The summed E-state index contributed by atoms with van der Waals surface area (Å²) >= 11 is 6.12. The van der Waals surface area contributed by atoms with Crippen molar-refractivity contribution in [1.82, 2.24) is 0 Å². The molecule has 1 aromatic carbocycles. The number of piperidine rings is 1. The first-order valence-electron chi connectivity index (χ1n) is 6.62. The fourth-order valence-electron chi connectivity index (χ4n) is 2.85. The highest BCUT2D eigenvalue weighted by molar-refractivity contribution is 6.34. The zero-order valence-corrected chi connectivity index (χ0v) is 11.9. The Balaban J connectivity index is 2.34. The highest BCUT2D eigenvalue weighted by Crippen LogP contribution is 2.31. The van der Waals surface area contributed by atoms with E-state index < -0.39 is 5.91 Å². The molecule has 2 rings (SSSR count). The van der Waals surface area contributed by atoms with E-state index in [1.807, 2.05) is 12.1 Å². The van der Waals surface area contributed by atoms with Crippen molar-refractivity contribution in [3.63, 3.8) is 0 Å². The van der Waals surface area contributed by atoms with Crippen molar-refractivity contribution in [1.29, 1.82) is 0 Å². The molecule has 1 aliphatic heterocycles. The molecule has 0 aliphatic carbocycles. The number of nitrogens with zero attached hydrogens (tertiary/aromatic N) is 1. The van der Waals surface area contributed by atoms with E-state index in [0.29, 0.717) is 29.2 Å². The minimum Gasteiger partial charge on any atom is -0.366 e. The highest BCUT2D eigenvalue weighted by Gasteiger charge is 2.27. The summed E-state index contributed by atoms with van der Waals surface area (Å²) in [6.45, 7) is 2.82. The minimum atomic E-state index is -0.501. The average molecular weight is 282 g/mol. The van der Waals surface area contributed by atoms with Crippen molar-refractivity contribution >= 4 is 23.2 Å². The SMILES string of the molecule is CC1CCCC(CN)N1c1ccc(C(N)=O)c(Cl)c1. The van der Waals surface area contributed by atoms with Gasteiger partial charge in [0.05, 0.1) is 10.6 Å². The molecule has 0 spiro atoms. The smallest absolute Gasteiger partial charge is 0.250 e. The van der Waals surface area contributed by atoms with Gasteiger partial charge in [0.15, 0.2) is 0 Å². The Hall–Kier alpha value is -1.26. The maximum Gasteiger partial charge on any atom is 0.250 e. The monoisotopic (exact) mass is 281 g/mol. The predicted molar refractivity (Wildman–Crippen MR) is 78.6 cm³/mol. The van der Waals surface area contributed by atoms with Crippen molar-refractivity contribution in [2.24, 2.45) is 11.5 Å². The third-order valence-corrected chi connectivity index (χ3v) is 4.13. The number of carbonyl (C=O) groups is 1. The zero-order valence-electron chi connectivity index (χ0n) is 11.1. The molecule has 1 aliphatic rings. The summed E-state index contributed by atoms with van der Waals surface area (Å²) in [5.74, 6) is -0.501. The Labute approximate surface area is 118 Å². The molecule has 1 heterocycles. The van der Waals surface area contributed by atoms with Gasteiger partial charge in [-0.05, 0) is 44.4 Å². The number of anilines is 1. The van der Waals surface area contributed by atoms with Gasteiger partial charge in [0.25, 0.3) is 0 Å². The second-order valence-electron chi connectivity index (χ2n) is 5.11. The van der Waals surface area contributed by atoms with E-state index in [1.165, 1.54) is 6.42 Å². The third-order valence-electron chi connectivity index (χ3n) is 3.82. The summed E-state index contributed by atoms with van der Waals surface area (Å²) in [6, 6.07) is 6.16. The number of benzene rings is 1. The lowest BCUT2D eigenvalue weighted by Gasteiger charge is -2.42. The number of amides is 1. The molecule has 5 heteroatoms. The lowest BCUT2D eigenvalue weighted by molar-refractivity contribution is 0.100. The molecule has 2 unspecified atom stereocenters. The quantitative estimate of drug-likeness (QED) is 0.892. The molecular formula is C14H20ClN3O. The molecule has 0 saturated carbocycles. The largest absolute Gasteiger partial charge is 0.366 e. The van der Waals surface area contributed by atoms with Crippen LogP contribution in [0.3, 0.4) is 0 Å². The van der Waals surface area contributed by atoms with Gasteiger partial charge in [0.1, 0.15) is 0 Å². The Morgan fingerprint density at radius 1 is 1.47 bits per heavy atom. The lowest BCUT2D eigenvalue weighted by atomic mass is 9.95. The van der Waals surface area contributed by atoms with Crippen LogP contribution in [0.1, 0.15) is 36.5 Å². The van der Waals surface area contributed by atoms with E-state index in [0.717, 1.165) is 18.5 Å². The topological polar surface area (TPSA) is 72.3 Å². The Morgan fingerprint density at radius 2 is 2.21 bits per heavy atom. The van der Waals surface area contributed by atoms with E-state index >= 15 is 0 Å². The van der Waals surface area contributed by atoms with Crippen LogP contribution in [0, 0.1) is 0 Å². The van der Waals surface area contributed by atoms with Crippen molar-refractivity contribution in [2.75, 3.05) is 11.4 Å². The zero-order chi connectivity index (χ0) is 14.0. The van der Waals surface area contributed by atoms with Crippen LogP contribution < -0.4 is 16.4 Å². The van der Waals surface area contributed by atoms with Crippen LogP contribution >= 0.6 is 11.6 Å². The maximum atomic E-state index is 11.2. The number of nitrogens with two attached hydrogens (primary N) is 2. The van der Waals surface area contributed by atoms with Gasteiger partial charge in [-0.25, -0.2) is 0 Å². The van der Waals surface area contributed by atoms with E-state index in [-0.39, 0.29) is 0 Å². The second kappa shape index (κ2) is 5.80. The molecule has 1 aromatic rings. The van der Waals surface area contributed by atoms with Crippen molar-refractivity contribution in [2.45, 2.75) is 38.3 Å². The van der Waals surface area contributed by atoms with Crippen LogP contribution in [0.25, 0.3) is 0 Å². The average Bonchev–Trinajstić information content (AvgIpc) is 2.37. The van der Waals surface area contributed by atoms with Crippen molar-refractivity contribution in [3.05, 3.63) is 28.8 Å². The van der Waals surface area contributed by atoms with Gasteiger partial charge in [-0.15, -0.1) is 0 Å². The van der Waals surface area contributed by atoms with Crippen molar-refractivity contribution in [3.8, 4) is 0 Å². The number of primary amides is 1. The number of halogens is 1. The van der Waals surface area contributed by atoms with E-state index in [4.69, 9.17) is 23.1 Å². The summed E-state index contributed by atoms with van der Waals surface area (Å²) in [7, 11) is 0. The van der Waals surface area contributed by atoms with Gasteiger partial charge in [0.2, 0.25) is 5.91 Å². The molecule has 4 nitrogen and oxygen atoms in total. The van der Waals surface area contributed by atoms with Gasteiger partial charge in [0, 0.05) is 24.3 Å². The first kappa shape index (κ1) is 14.2. The van der Waals surface area contributed by atoms with Crippen LogP contribution in [0.15, 0.2) is 18.2 Å². The van der Waals surface area contributed by atoms with Gasteiger partial charge in [-0.2, -0.15) is 0 Å². The lowest BCUT2D eigenvalue weighted by Crippen LogP contribution is -2.49. The van der Waals surface area contributed by atoms with E-state index in [2.05, 4.69) is 11.8 Å². The predicted octanol–water partition coefficient (Wildman–Crippen LogP) is 2.15. The Bertz CT molecular complexity index is 478. The molecular weight excluding hydrogens is 262 g/mol. The van der Waals surface area contributed by atoms with Crippen molar-refractivity contribution < 1.29 is 4.79 Å². The van der Waals surface area contributed by atoms with Crippen LogP contribution in [-0.2, 0) is 0 Å². The fraction of sp³-hybridized carbons (Fsp3) is 0.500. The summed E-state index contributed by atoms with van der Waals surface area (Å²) in [5, 5.41) is 0.401. The van der Waals surface area contributed by atoms with Gasteiger partial charge < -0.3 is 16.4 Å². The van der Waals surface area contributed by atoms with Gasteiger partial charge >= 0.3 is 0 Å². The first-order valence-corrected chi connectivity index (χ1v) is 7.00. The summed E-state index contributed by atoms with van der Waals surface area (Å²) in [6.07, 6.45) is 3.44. The normalized spacial score (nSPS) is 23.4. The molecule has 2 atom stereocenters. The standard InChI is InChI=1S/C14H20ClN3O/c1-9-3-2-4-11(8-16)18(9)10-5-6-12(14(17)19)13(15)7-10/h5-7,9,11H,2-4,8,16H2,1H3,(H2,17,19). The molecule has 1 saturated heterocycles. The molecule has 4 N–H and O–H groups in total. The molecule has 104 valence electrons. The minimum absolute atomic E-state index is 0.333. The van der Waals surface area contributed by atoms with Crippen LogP contribution in [0.2, 0.25) is 5.02 Å². The highest BCUT2D eigenvalue weighted by atomic mass is 35.5. The van der Waals surface area contributed by atoms with Gasteiger partial charge in [-0.3, -0.25) is 4.79 Å². The molecule has 0 radical (unpaired) electrons. The van der Waals surface area contributed by atoms with E-state index in [1.54, 1.807) is 6.07 Å². The second-order valence-corrected chi connectivity index (χ2v) is 5.51. The van der Waals surface area contributed by atoms with E-state index in [9.17, 15) is 4.79 Å². The number of rotatable bonds is 3. The number of carbonyl (C=O) groups excluding carboxylic acids is 1. The summed E-state index contributed by atoms with van der Waals surface area (Å²) in [5.41, 5.74) is 12.5. The number of hydrogen-bond donors (Lipinski definition) is 2. The summed E-state index contributed by atoms with van der Waals surface area (Å²) in [4.78, 5) is 13.5. The van der Waals surface area contributed by atoms with Crippen LogP contribution in [-0.4, -0.2) is 24.5 Å². The first-order chi connectivity index (χ1) is 9.04. The van der Waals surface area contributed by atoms with Crippen LogP contribution in [0.5, 0.6) is 0 Å². The number of hydrogen-bond acceptors (Lipinski definition) is 3.